The van der Waals surface area contributed by atoms with Crippen molar-refractivity contribution in [3.8, 4) is 11.5 Å². The zero-order valence-electron chi connectivity index (χ0n) is 25.3. The highest BCUT2D eigenvalue weighted by Crippen LogP contribution is 2.45. The highest BCUT2D eigenvalue weighted by molar-refractivity contribution is 5.49. The Balaban J connectivity index is 1.59. The number of hydrogen-bond donors (Lipinski definition) is 2. The molecule has 0 unspecified atom stereocenters. The number of rotatable bonds is 14. The van der Waals surface area contributed by atoms with Crippen molar-refractivity contribution in [2.75, 3.05) is 41.2 Å². The van der Waals surface area contributed by atoms with Crippen LogP contribution in [0.15, 0.2) is 109 Å². The molecule has 0 amide bonds. The Hall–Kier alpha value is -3.76. The molecule has 232 valence electrons. The van der Waals surface area contributed by atoms with Crippen molar-refractivity contribution in [2.24, 2.45) is 5.92 Å². The van der Waals surface area contributed by atoms with Gasteiger partial charge in [-0.3, -0.25) is 0 Å². The second kappa shape index (κ2) is 14.3. The van der Waals surface area contributed by atoms with Crippen molar-refractivity contribution in [2.45, 2.75) is 30.2 Å². The molecule has 4 aromatic rings. The zero-order valence-corrected chi connectivity index (χ0v) is 25.3. The highest BCUT2D eigenvalue weighted by atomic mass is 16.7. The smallest absolute Gasteiger partial charge is 0.165 e. The van der Waals surface area contributed by atoms with Crippen LogP contribution in [0, 0.1) is 5.92 Å². The van der Waals surface area contributed by atoms with Crippen LogP contribution in [0.25, 0.3) is 0 Å². The maximum atomic E-state index is 10.5. The van der Waals surface area contributed by atoms with Crippen LogP contribution >= 0.6 is 0 Å². The van der Waals surface area contributed by atoms with Crippen molar-refractivity contribution in [1.82, 2.24) is 0 Å². The molecule has 5 rings (SSSR count). The Morgan fingerprint density at radius 3 is 1.66 bits per heavy atom. The van der Waals surface area contributed by atoms with Gasteiger partial charge in [-0.05, 0) is 46.5 Å². The molecule has 8 heteroatoms. The molecule has 0 saturated carbocycles. The summed E-state index contributed by atoms with van der Waals surface area (Å²) in [6.45, 7) is -0.558. The van der Waals surface area contributed by atoms with Crippen LogP contribution in [0.4, 0.5) is 0 Å². The largest absolute Gasteiger partial charge is 0.497 e. The van der Waals surface area contributed by atoms with E-state index in [1.807, 2.05) is 109 Å². The molecule has 8 nitrogen and oxygen atoms in total. The van der Waals surface area contributed by atoms with E-state index in [0.29, 0.717) is 0 Å². The van der Waals surface area contributed by atoms with Crippen molar-refractivity contribution in [3.63, 3.8) is 0 Å². The van der Waals surface area contributed by atoms with E-state index in [9.17, 15) is 10.2 Å². The van der Waals surface area contributed by atoms with E-state index in [-0.39, 0.29) is 13.2 Å². The first kappa shape index (κ1) is 31.7. The first-order valence-corrected chi connectivity index (χ1v) is 14.6. The van der Waals surface area contributed by atoms with Crippen LogP contribution in [0.1, 0.15) is 22.3 Å². The lowest BCUT2D eigenvalue weighted by Crippen LogP contribution is -2.50. The average Bonchev–Trinajstić information content (AvgIpc) is 3.41. The summed E-state index contributed by atoms with van der Waals surface area (Å²) in [5.41, 5.74) is 1.14. The molecular formula is C36H40O8. The predicted molar refractivity (Wildman–Crippen MR) is 166 cm³/mol. The number of ether oxygens (including phenoxy) is 6. The third-order valence-corrected chi connectivity index (χ3v) is 8.31. The third kappa shape index (κ3) is 6.23. The van der Waals surface area contributed by atoms with Gasteiger partial charge in [0.05, 0.1) is 46.6 Å². The Labute approximate surface area is 258 Å². The Morgan fingerprint density at radius 1 is 0.682 bits per heavy atom. The molecular weight excluding hydrogens is 560 g/mol. The van der Waals surface area contributed by atoms with Crippen LogP contribution in [-0.4, -0.2) is 69.4 Å². The van der Waals surface area contributed by atoms with E-state index in [4.69, 9.17) is 28.4 Å². The van der Waals surface area contributed by atoms with Crippen LogP contribution in [0.3, 0.4) is 0 Å². The molecule has 1 saturated heterocycles. The van der Waals surface area contributed by atoms with Gasteiger partial charge >= 0.3 is 0 Å². The summed E-state index contributed by atoms with van der Waals surface area (Å²) in [5.74, 6) is 0.931. The minimum absolute atomic E-state index is 0.104. The fraction of sp³-hybridized carbons (Fsp3) is 0.333. The quantitative estimate of drug-likeness (QED) is 0.197. The molecule has 3 atom stereocenters. The first-order chi connectivity index (χ1) is 21.5. The van der Waals surface area contributed by atoms with Crippen LogP contribution in [-0.2, 0) is 31.2 Å². The second-order valence-electron chi connectivity index (χ2n) is 10.8. The number of aliphatic hydroxyl groups excluding tert-OH is 2. The Bertz CT molecular complexity index is 1380. The first-order valence-electron chi connectivity index (χ1n) is 14.6. The van der Waals surface area contributed by atoms with E-state index in [2.05, 4.69) is 0 Å². The fourth-order valence-electron chi connectivity index (χ4n) is 5.94. The van der Waals surface area contributed by atoms with Gasteiger partial charge in [0, 0.05) is 7.11 Å². The lowest BCUT2D eigenvalue weighted by molar-refractivity contribution is -0.201. The number of benzene rings is 4. The van der Waals surface area contributed by atoms with Gasteiger partial charge < -0.3 is 38.6 Å². The summed E-state index contributed by atoms with van der Waals surface area (Å²) in [5, 5.41) is 21.0. The molecule has 1 heterocycles. The van der Waals surface area contributed by atoms with E-state index in [1.54, 1.807) is 14.2 Å². The molecule has 1 aliphatic heterocycles. The van der Waals surface area contributed by atoms with E-state index in [0.717, 1.165) is 33.8 Å². The minimum atomic E-state index is -1.39. The molecule has 2 N–H and O–H groups in total. The monoisotopic (exact) mass is 600 g/mol. The predicted octanol–water partition coefficient (Wildman–Crippen LogP) is 4.94. The van der Waals surface area contributed by atoms with Crippen molar-refractivity contribution in [1.29, 1.82) is 0 Å². The average molecular weight is 601 g/mol. The van der Waals surface area contributed by atoms with E-state index < -0.39 is 42.7 Å². The SMILES string of the molecule is COc1ccc(C(OC[C@H]2[C@@H](OC)OC(CO)(CO)[C@H]2OCc2ccccc2)(c2ccccc2)c2ccc(OC)cc2)cc1. The molecule has 0 spiro atoms. The molecule has 0 aliphatic carbocycles. The summed E-state index contributed by atoms with van der Waals surface area (Å²) in [6.07, 6.45) is -1.56. The van der Waals surface area contributed by atoms with Gasteiger partial charge in [-0.1, -0.05) is 84.9 Å². The number of hydrogen-bond acceptors (Lipinski definition) is 8. The van der Waals surface area contributed by atoms with Crippen LogP contribution < -0.4 is 9.47 Å². The molecule has 0 radical (unpaired) electrons. The maximum Gasteiger partial charge on any atom is 0.165 e. The lowest BCUT2D eigenvalue weighted by Gasteiger charge is -2.38. The molecule has 1 aliphatic rings. The van der Waals surface area contributed by atoms with Crippen molar-refractivity contribution >= 4 is 0 Å². The Morgan fingerprint density at radius 2 is 1.18 bits per heavy atom. The summed E-state index contributed by atoms with van der Waals surface area (Å²) in [7, 11) is 4.80. The summed E-state index contributed by atoms with van der Waals surface area (Å²) in [6, 6.07) is 35.3. The normalized spacial score (nSPS) is 19.5. The standard InChI is InChI=1S/C36H40O8/c1-39-30-18-14-28(15-19-30)36(27-12-8-5-9-13-27,29-16-20-31(40-2)21-17-29)43-23-32-33(42-22-26-10-6-4-7-11-26)35(24-37,25-38)44-34(32)41-3/h4-21,32-34,37-38H,22-25H2,1-3H3/t32-,33+,34+/m1/s1. The van der Waals surface area contributed by atoms with Gasteiger partial charge in [0.2, 0.25) is 0 Å². The van der Waals surface area contributed by atoms with Gasteiger partial charge in [0.1, 0.15) is 28.8 Å². The molecule has 0 bridgehead atoms. The molecule has 1 fully saturated rings. The van der Waals surface area contributed by atoms with Gasteiger partial charge in [-0.25, -0.2) is 0 Å². The number of methoxy groups -OCH3 is 3. The maximum absolute atomic E-state index is 10.5. The topological polar surface area (TPSA) is 95.8 Å². The third-order valence-electron chi connectivity index (χ3n) is 8.31. The summed E-state index contributed by atoms with van der Waals surface area (Å²) in [4.78, 5) is 0. The van der Waals surface area contributed by atoms with Gasteiger partial charge in [-0.2, -0.15) is 0 Å². The molecule has 0 aromatic heterocycles. The van der Waals surface area contributed by atoms with Gasteiger partial charge in [0.15, 0.2) is 6.29 Å². The number of aliphatic hydroxyl groups is 2. The zero-order chi connectivity index (χ0) is 31.0. The van der Waals surface area contributed by atoms with Crippen molar-refractivity contribution in [3.05, 3.63) is 131 Å². The fourth-order valence-corrected chi connectivity index (χ4v) is 5.94. The summed E-state index contributed by atoms with van der Waals surface area (Å²) >= 11 is 0. The van der Waals surface area contributed by atoms with Crippen LogP contribution in [0.2, 0.25) is 0 Å². The minimum Gasteiger partial charge on any atom is -0.497 e. The Kier molecular flexibility index (Phi) is 10.3. The van der Waals surface area contributed by atoms with E-state index >= 15 is 0 Å². The molecule has 44 heavy (non-hydrogen) atoms. The van der Waals surface area contributed by atoms with E-state index in [1.165, 1.54) is 7.11 Å². The summed E-state index contributed by atoms with van der Waals surface area (Å²) < 4.78 is 36.5. The van der Waals surface area contributed by atoms with Gasteiger partial charge in [0.25, 0.3) is 0 Å². The highest BCUT2D eigenvalue weighted by Gasteiger charge is 2.57. The van der Waals surface area contributed by atoms with Gasteiger partial charge in [-0.15, -0.1) is 0 Å². The molecule has 4 aromatic carbocycles. The van der Waals surface area contributed by atoms with Crippen LogP contribution in [0.5, 0.6) is 11.5 Å². The second-order valence-corrected chi connectivity index (χ2v) is 10.8. The van der Waals surface area contributed by atoms with Crippen molar-refractivity contribution < 1.29 is 38.6 Å². The lowest BCUT2D eigenvalue weighted by atomic mass is 9.79.